The number of halogens is 1. The normalized spacial score (nSPS) is 11.3. The van der Waals surface area contributed by atoms with E-state index in [1.807, 2.05) is 42.5 Å². The van der Waals surface area contributed by atoms with Crippen LogP contribution in [0.3, 0.4) is 0 Å². The summed E-state index contributed by atoms with van der Waals surface area (Å²) in [5.74, 6) is -1.27. The van der Waals surface area contributed by atoms with Crippen LogP contribution in [0.25, 0.3) is 0 Å². The molecule has 0 saturated heterocycles. The van der Waals surface area contributed by atoms with Crippen molar-refractivity contribution in [3.05, 3.63) is 94.5 Å². The number of ether oxygens (including phenoxy) is 1. The fourth-order valence-electron chi connectivity index (χ4n) is 3.56. The summed E-state index contributed by atoms with van der Waals surface area (Å²) in [5, 5.41) is 2.69. The number of hydrogen-bond donors (Lipinski definition) is 1. The van der Waals surface area contributed by atoms with Crippen LogP contribution in [0.15, 0.2) is 77.7 Å². The van der Waals surface area contributed by atoms with E-state index in [-0.39, 0.29) is 15.6 Å². The second kappa shape index (κ2) is 12.0. The molecule has 0 fully saturated rings. The first-order valence-corrected chi connectivity index (χ1v) is 13.0. The minimum Gasteiger partial charge on any atom is -0.452 e. The third-order valence-electron chi connectivity index (χ3n) is 5.36. The maximum Gasteiger partial charge on any atom is 0.338 e. The van der Waals surface area contributed by atoms with Gasteiger partial charge in [0.15, 0.2) is 6.61 Å². The predicted octanol–water partition coefficient (Wildman–Crippen LogP) is 4.76. The molecule has 0 radical (unpaired) electrons. The Kier molecular flexibility index (Phi) is 9.03. The summed E-state index contributed by atoms with van der Waals surface area (Å²) in [4.78, 5) is 25.2. The summed E-state index contributed by atoms with van der Waals surface area (Å²) >= 11 is 6.16. The number of rotatable bonds is 10. The lowest BCUT2D eigenvalue weighted by Crippen LogP contribution is -2.30. The highest BCUT2D eigenvalue weighted by Gasteiger charge is 2.23. The van der Waals surface area contributed by atoms with Gasteiger partial charge < -0.3 is 10.1 Å². The molecule has 0 unspecified atom stereocenters. The monoisotopic (exact) mass is 514 g/mol. The molecular weight excluding hydrogens is 488 g/mol. The zero-order chi connectivity index (χ0) is 25.4. The number of anilines is 1. The minimum absolute atomic E-state index is 0.00716. The lowest BCUT2D eigenvalue weighted by Gasteiger charge is -2.19. The fourth-order valence-corrected chi connectivity index (χ4v) is 5.21. The van der Waals surface area contributed by atoms with Crippen LogP contribution in [-0.2, 0) is 26.0 Å². The van der Waals surface area contributed by atoms with E-state index in [1.54, 1.807) is 26.0 Å². The number of nitrogens with zero attached hydrogens (tertiary/aromatic N) is 1. The van der Waals surface area contributed by atoms with E-state index in [0.29, 0.717) is 25.1 Å². The highest BCUT2D eigenvalue weighted by Crippen LogP contribution is 2.27. The maximum atomic E-state index is 12.8. The SMILES string of the molecule is CCN(CC)S(=O)(=O)c1ccc(Cl)c(NC(=O)COC(=O)c2ccccc2Cc2ccccc2)c1. The van der Waals surface area contributed by atoms with E-state index < -0.39 is 28.5 Å². The lowest BCUT2D eigenvalue weighted by atomic mass is 10.00. The van der Waals surface area contributed by atoms with Crippen LogP contribution in [0, 0.1) is 0 Å². The average molecular weight is 515 g/mol. The zero-order valence-electron chi connectivity index (χ0n) is 19.5. The van der Waals surface area contributed by atoms with Crippen molar-refractivity contribution >= 4 is 39.2 Å². The first-order valence-electron chi connectivity index (χ1n) is 11.1. The Bertz CT molecular complexity index is 1290. The van der Waals surface area contributed by atoms with E-state index >= 15 is 0 Å². The molecule has 35 heavy (non-hydrogen) atoms. The fraction of sp³-hybridized carbons (Fsp3) is 0.231. The number of esters is 1. The molecule has 3 aromatic rings. The van der Waals surface area contributed by atoms with Gasteiger partial charge >= 0.3 is 5.97 Å². The van der Waals surface area contributed by atoms with Gasteiger partial charge in [-0.1, -0.05) is 74.0 Å². The van der Waals surface area contributed by atoms with Crippen molar-refractivity contribution in [2.45, 2.75) is 25.2 Å². The van der Waals surface area contributed by atoms with Crippen molar-refractivity contribution in [1.82, 2.24) is 4.31 Å². The van der Waals surface area contributed by atoms with Gasteiger partial charge in [0.1, 0.15) is 0 Å². The van der Waals surface area contributed by atoms with E-state index in [1.165, 1.54) is 22.5 Å². The molecule has 0 heterocycles. The van der Waals surface area contributed by atoms with Gasteiger partial charge in [0, 0.05) is 13.1 Å². The van der Waals surface area contributed by atoms with Gasteiger partial charge in [-0.2, -0.15) is 4.31 Å². The van der Waals surface area contributed by atoms with Crippen molar-refractivity contribution in [2.75, 3.05) is 25.0 Å². The maximum absolute atomic E-state index is 12.8. The standard InChI is InChI=1S/C26H27ClN2O5S/c1-3-29(4-2)35(32,33)21-14-15-23(27)24(17-21)28-25(30)18-34-26(31)22-13-9-8-12-20(22)16-19-10-6-5-7-11-19/h5-15,17H,3-4,16,18H2,1-2H3,(H,28,30). The van der Waals surface area contributed by atoms with Crippen LogP contribution >= 0.6 is 11.6 Å². The zero-order valence-corrected chi connectivity index (χ0v) is 21.1. The molecule has 3 rings (SSSR count). The topological polar surface area (TPSA) is 92.8 Å². The van der Waals surface area contributed by atoms with Gasteiger partial charge in [0.25, 0.3) is 5.91 Å². The molecule has 184 valence electrons. The molecule has 0 atom stereocenters. The molecular formula is C26H27ClN2O5S. The Balaban J connectivity index is 1.68. The molecule has 0 spiro atoms. The highest BCUT2D eigenvalue weighted by atomic mass is 35.5. The number of carbonyl (C=O) groups excluding carboxylic acids is 2. The summed E-state index contributed by atoms with van der Waals surface area (Å²) in [6, 6.07) is 20.8. The molecule has 0 aliphatic carbocycles. The molecule has 0 aromatic heterocycles. The summed E-state index contributed by atoms with van der Waals surface area (Å²) < 4.78 is 32.1. The first kappa shape index (κ1) is 26.4. The molecule has 0 aliphatic heterocycles. The molecule has 3 aromatic carbocycles. The Morgan fingerprint density at radius 2 is 1.60 bits per heavy atom. The highest BCUT2D eigenvalue weighted by molar-refractivity contribution is 7.89. The van der Waals surface area contributed by atoms with Crippen molar-refractivity contribution in [3.8, 4) is 0 Å². The van der Waals surface area contributed by atoms with Gasteiger partial charge in [-0.3, -0.25) is 4.79 Å². The molecule has 9 heteroatoms. The first-order chi connectivity index (χ1) is 16.8. The largest absolute Gasteiger partial charge is 0.452 e. The van der Waals surface area contributed by atoms with Crippen LogP contribution in [0.5, 0.6) is 0 Å². The number of hydrogen-bond acceptors (Lipinski definition) is 5. The quantitative estimate of drug-likeness (QED) is 0.394. The van der Waals surface area contributed by atoms with Gasteiger partial charge in [-0.05, 0) is 41.8 Å². The molecule has 0 bridgehead atoms. The van der Waals surface area contributed by atoms with Crippen LogP contribution in [-0.4, -0.2) is 44.3 Å². The van der Waals surface area contributed by atoms with Crippen LogP contribution in [0.1, 0.15) is 35.3 Å². The number of carbonyl (C=O) groups is 2. The Labute approximate surface area is 210 Å². The molecule has 7 nitrogen and oxygen atoms in total. The second-order valence-electron chi connectivity index (χ2n) is 7.67. The smallest absolute Gasteiger partial charge is 0.338 e. The number of sulfonamides is 1. The van der Waals surface area contributed by atoms with Gasteiger partial charge in [-0.15, -0.1) is 0 Å². The van der Waals surface area contributed by atoms with Crippen LogP contribution < -0.4 is 5.32 Å². The predicted molar refractivity (Wildman–Crippen MR) is 136 cm³/mol. The summed E-state index contributed by atoms with van der Waals surface area (Å²) in [5.41, 5.74) is 2.31. The number of benzene rings is 3. The van der Waals surface area contributed by atoms with Gasteiger partial charge in [0.05, 0.1) is 21.2 Å². The van der Waals surface area contributed by atoms with E-state index in [0.717, 1.165) is 11.1 Å². The van der Waals surface area contributed by atoms with Gasteiger partial charge in [0.2, 0.25) is 10.0 Å². The van der Waals surface area contributed by atoms with Crippen molar-refractivity contribution < 1.29 is 22.7 Å². The summed E-state index contributed by atoms with van der Waals surface area (Å²) in [6.45, 7) is 3.55. The van der Waals surface area contributed by atoms with E-state index in [2.05, 4.69) is 5.32 Å². The third-order valence-corrected chi connectivity index (χ3v) is 7.74. The lowest BCUT2D eigenvalue weighted by molar-refractivity contribution is -0.119. The van der Waals surface area contributed by atoms with E-state index in [9.17, 15) is 18.0 Å². The number of nitrogens with one attached hydrogen (secondary N) is 1. The van der Waals surface area contributed by atoms with Crippen molar-refractivity contribution in [3.63, 3.8) is 0 Å². The van der Waals surface area contributed by atoms with Gasteiger partial charge in [-0.25, -0.2) is 13.2 Å². The second-order valence-corrected chi connectivity index (χ2v) is 10.0. The Morgan fingerprint density at radius 1 is 0.943 bits per heavy atom. The van der Waals surface area contributed by atoms with Crippen molar-refractivity contribution in [1.29, 1.82) is 0 Å². The number of amides is 1. The molecule has 0 aliphatic rings. The van der Waals surface area contributed by atoms with Crippen LogP contribution in [0.4, 0.5) is 5.69 Å². The summed E-state index contributed by atoms with van der Waals surface area (Å²) in [7, 11) is -3.73. The Morgan fingerprint density at radius 3 is 2.29 bits per heavy atom. The van der Waals surface area contributed by atoms with Crippen molar-refractivity contribution in [2.24, 2.45) is 0 Å². The molecule has 0 saturated carbocycles. The third kappa shape index (κ3) is 6.69. The Hall–Kier alpha value is -3.20. The van der Waals surface area contributed by atoms with Crippen LogP contribution in [0.2, 0.25) is 5.02 Å². The average Bonchev–Trinajstić information content (AvgIpc) is 2.85. The minimum atomic E-state index is -3.73. The molecule has 1 N–H and O–H groups in total. The molecule has 1 amide bonds. The summed E-state index contributed by atoms with van der Waals surface area (Å²) in [6.07, 6.45) is 0.543. The van der Waals surface area contributed by atoms with E-state index in [4.69, 9.17) is 16.3 Å².